The largest absolute Gasteiger partial charge is 0.377 e. The molecule has 0 bridgehead atoms. The summed E-state index contributed by atoms with van der Waals surface area (Å²) in [6, 6.07) is 0. The first-order valence-electron chi connectivity index (χ1n) is 3.32. The van der Waals surface area contributed by atoms with Crippen LogP contribution in [0.1, 0.15) is 6.42 Å². The molecule has 0 aromatic carbocycles. The fourth-order valence-corrected chi connectivity index (χ4v) is 1.45. The minimum absolute atomic E-state index is 0.299. The maximum Gasteiger partial charge on any atom is 0.0800 e. The molecular weight excluding hydrogens is 144 g/mol. The smallest absolute Gasteiger partial charge is 0.0800 e. The Kier molecular flexibility index (Phi) is 3.03. The molecule has 0 radical (unpaired) electrons. The summed E-state index contributed by atoms with van der Waals surface area (Å²) in [4.78, 5) is 1.30. The molecule has 1 aliphatic rings. The SMILES string of the molecule is COC1C=C(SC)C=CC1. The van der Waals surface area contributed by atoms with E-state index in [4.69, 9.17) is 4.74 Å². The third kappa shape index (κ3) is 1.89. The van der Waals surface area contributed by atoms with E-state index in [0.717, 1.165) is 6.42 Å². The van der Waals surface area contributed by atoms with Crippen molar-refractivity contribution in [2.24, 2.45) is 0 Å². The lowest BCUT2D eigenvalue weighted by Gasteiger charge is -2.13. The molecule has 1 rings (SSSR count). The third-order valence-corrected chi connectivity index (χ3v) is 2.28. The molecule has 10 heavy (non-hydrogen) atoms. The van der Waals surface area contributed by atoms with Gasteiger partial charge in [0.05, 0.1) is 6.10 Å². The maximum absolute atomic E-state index is 5.18. The Bertz CT molecular complexity index is 161. The first-order valence-corrected chi connectivity index (χ1v) is 4.54. The van der Waals surface area contributed by atoms with Gasteiger partial charge in [-0.25, -0.2) is 0 Å². The van der Waals surface area contributed by atoms with Crippen LogP contribution in [0.2, 0.25) is 0 Å². The highest BCUT2D eigenvalue weighted by molar-refractivity contribution is 8.02. The Morgan fingerprint density at radius 1 is 1.70 bits per heavy atom. The molecule has 0 heterocycles. The van der Waals surface area contributed by atoms with E-state index in [2.05, 4.69) is 24.5 Å². The van der Waals surface area contributed by atoms with Crippen LogP contribution >= 0.6 is 11.8 Å². The predicted molar refractivity (Wildman–Crippen MR) is 46.2 cm³/mol. The topological polar surface area (TPSA) is 9.23 Å². The molecule has 1 atom stereocenters. The monoisotopic (exact) mass is 156 g/mol. The summed E-state index contributed by atoms with van der Waals surface area (Å²) >= 11 is 1.76. The molecule has 1 unspecified atom stereocenters. The average Bonchev–Trinajstić information content (AvgIpc) is 2.05. The third-order valence-electron chi connectivity index (χ3n) is 1.54. The zero-order valence-corrected chi connectivity index (χ0v) is 7.15. The minimum atomic E-state index is 0.299. The number of allylic oxidation sites excluding steroid dienone is 1. The number of hydrogen-bond donors (Lipinski definition) is 0. The van der Waals surface area contributed by atoms with E-state index in [-0.39, 0.29) is 0 Å². The zero-order chi connectivity index (χ0) is 7.40. The second-order valence-corrected chi connectivity index (χ2v) is 3.07. The molecule has 0 saturated carbocycles. The van der Waals surface area contributed by atoms with E-state index in [1.165, 1.54) is 4.91 Å². The summed E-state index contributed by atoms with van der Waals surface area (Å²) in [5.74, 6) is 0. The van der Waals surface area contributed by atoms with Gasteiger partial charge in [0.15, 0.2) is 0 Å². The van der Waals surface area contributed by atoms with Crippen molar-refractivity contribution in [3.63, 3.8) is 0 Å². The number of hydrogen-bond acceptors (Lipinski definition) is 2. The molecule has 0 fully saturated rings. The quantitative estimate of drug-likeness (QED) is 0.606. The molecule has 0 aromatic rings. The molecule has 2 heteroatoms. The molecule has 1 nitrogen and oxygen atoms in total. The summed E-state index contributed by atoms with van der Waals surface area (Å²) in [5, 5.41) is 0. The second-order valence-electron chi connectivity index (χ2n) is 2.19. The van der Waals surface area contributed by atoms with Crippen molar-refractivity contribution in [2.45, 2.75) is 12.5 Å². The fourth-order valence-electron chi connectivity index (χ4n) is 0.925. The highest BCUT2D eigenvalue weighted by atomic mass is 32.2. The number of thioether (sulfide) groups is 1. The summed E-state index contributed by atoms with van der Waals surface area (Å²) in [6.45, 7) is 0. The molecule has 56 valence electrons. The zero-order valence-electron chi connectivity index (χ0n) is 6.33. The van der Waals surface area contributed by atoms with Gasteiger partial charge in [0.2, 0.25) is 0 Å². The molecule has 0 saturated heterocycles. The molecule has 0 spiro atoms. The molecule has 0 N–H and O–H groups in total. The van der Waals surface area contributed by atoms with Gasteiger partial charge in [-0.2, -0.15) is 0 Å². The first kappa shape index (κ1) is 7.89. The summed E-state index contributed by atoms with van der Waals surface area (Å²) in [7, 11) is 1.75. The van der Waals surface area contributed by atoms with Crippen LogP contribution in [0.5, 0.6) is 0 Å². The Morgan fingerprint density at radius 2 is 2.50 bits per heavy atom. The lowest BCUT2D eigenvalue weighted by molar-refractivity contribution is 0.142. The Balaban J connectivity index is 2.56. The van der Waals surface area contributed by atoms with Gasteiger partial charge >= 0.3 is 0 Å². The molecule has 0 amide bonds. The van der Waals surface area contributed by atoms with Gasteiger partial charge in [-0.15, -0.1) is 11.8 Å². The van der Waals surface area contributed by atoms with Crippen molar-refractivity contribution in [1.29, 1.82) is 0 Å². The maximum atomic E-state index is 5.18. The number of methoxy groups -OCH3 is 1. The molecule has 0 aromatic heterocycles. The first-order chi connectivity index (χ1) is 4.86. The van der Waals surface area contributed by atoms with Crippen LogP contribution < -0.4 is 0 Å². The molecule has 1 aliphatic carbocycles. The predicted octanol–water partition coefficient (Wildman–Crippen LogP) is 2.21. The van der Waals surface area contributed by atoms with Gasteiger partial charge in [-0.1, -0.05) is 12.2 Å². The fraction of sp³-hybridized carbons (Fsp3) is 0.500. The Labute approximate surface area is 66.1 Å². The van der Waals surface area contributed by atoms with Crippen LogP contribution in [-0.2, 0) is 4.74 Å². The molecule has 0 aliphatic heterocycles. The van der Waals surface area contributed by atoms with Crippen LogP contribution in [0.25, 0.3) is 0 Å². The van der Waals surface area contributed by atoms with Crippen LogP contribution in [0.3, 0.4) is 0 Å². The lowest BCUT2D eigenvalue weighted by atomic mass is 10.1. The van der Waals surface area contributed by atoms with E-state index in [9.17, 15) is 0 Å². The van der Waals surface area contributed by atoms with Crippen molar-refractivity contribution < 1.29 is 4.74 Å². The van der Waals surface area contributed by atoms with Gasteiger partial charge < -0.3 is 4.74 Å². The van der Waals surface area contributed by atoms with Crippen molar-refractivity contribution >= 4 is 11.8 Å². The van der Waals surface area contributed by atoms with Crippen LogP contribution in [-0.4, -0.2) is 19.5 Å². The summed E-state index contributed by atoms with van der Waals surface area (Å²) in [5.41, 5.74) is 0. The van der Waals surface area contributed by atoms with Gasteiger partial charge in [0.1, 0.15) is 0 Å². The highest BCUT2D eigenvalue weighted by Gasteiger charge is 2.05. The van der Waals surface area contributed by atoms with Crippen LogP contribution in [0.15, 0.2) is 23.1 Å². The van der Waals surface area contributed by atoms with Crippen molar-refractivity contribution in [3.05, 3.63) is 23.1 Å². The van der Waals surface area contributed by atoms with E-state index in [1.807, 2.05) is 0 Å². The van der Waals surface area contributed by atoms with Gasteiger partial charge in [0.25, 0.3) is 0 Å². The minimum Gasteiger partial charge on any atom is -0.377 e. The van der Waals surface area contributed by atoms with Crippen molar-refractivity contribution in [1.82, 2.24) is 0 Å². The standard InChI is InChI=1S/C8H12OS/c1-9-7-4-3-5-8(6-7)10-2/h3,5-7H,4H2,1-2H3. The summed E-state index contributed by atoms with van der Waals surface area (Å²) in [6.07, 6.45) is 9.84. The second kappa shape index (κ2) is 3.84. The summed E-state index contributed by atoms with van der Waals surface area (Å²) < 4.78 is 5.18. The Morgan fingerprint density at radius 3 is 3.10 bits per heavy atom. The normalized spacial score (nSPS) is 24.6. The van der Waals surface area contributed by atoms with Gasteiger partial charge in [0, 0.05) is 12.0 Å². The van der Waals surface area contributed by atoms with Crippen LogP contribution in [0, 0.1) is 0 Å². The van der Waals surface area contributed by atoms with Crippen molar-refractivity contribution in [2.75, 3.05) is 13.4 Å². The Hall–Kier alpha value is -0.210. The average molecular weight is 156 g/mol. The lowest BCUT2D eigenvalue weighted by Crippen LogP contribution is -2.07. The van der Waals surface area contributed by atoms with E-state index in [0.29, 0.717) is 6.10 Å². The van der Waals surface area contributed by atoms with Crippen LogP contribution in [0.4, 0.5) is 0 Å². The highest BCUT2D eigenvalue weighted by Crippen LogP contribution is 2.20. The van der Waals surface area contributed by atoms with Gasteiger partial charge in [-0.05, 0) is 18.8 Å². The number of ether oxygens (including phenoxy) is 1. The molecular formula is C8H12OS. The number of rotatable bonds is 2. The van der Waals surface area contributed by atoms with Crippen molar-refractivity contribution in [3.8, 4) is 0 Å². The van der Waals surface area contributed by atoms with Gasteiger partial charge in [-0.3, -0.25) is 0 Å². The van der Waals surface area contributed by atoms with E-state index >= 15 is 0 Å². The van der Waals surface area contributed by atoms with E-state index in [1.54, 1.807) is 18.9 Å². The van der Waals surface area contributed by atoms with E-state index < -0.39 is 0 Å².